The van der Waals surface area contributed by atoms with Crippen molar-refractivity contribution in [3.8, 4) is 11.3 Å². The molecule has 0 atom stereocenters. The molecule has 0 aliphatic rings. The zero-order valence-corrected chi connectivity index (χ0v) is 13.8. The van der Waals surface area contributed by atoms with Gasteiger partial charge in [0.25, 0.3) is 0 Å². The Bertz CT molecular complexity index is 1040. The van der Waals surface area contributed by atoms with Crippen LogP contribution in [0.4, 0.5) is 15.8 Å². The largest absolute Gasteiger partial charge is 0.355 e. The summed E-state index contributed by atoms with van der Waals surface area (Å²) >= 11 is 0. The van der Waals surface area contributed by atoms with Gasteiger partial charge in [0.05, 0.1) is 16.9 Å². The summed E-state index contributed by atoms with van der Waals surface area (Å²) in [4.78, 5) is 4.70. The summed E-state index contributed by atoms with van der Waals surface area (Å²) in [5, 5.41) is 4.50. The third kappa shape index (κ3) is 3.22. The van der Waals surface area contributed by atoms with Crippen LogP contribution in [0.2, 0.25) is 0 Å². The highest BCUT2D eigenvalue weighted by molar-refractivity contribution is 5.95. The van der Waals surface area contributed by atoms with E-state index in [2.05, 4.69) is 24.4 Å². The molecule has 0 amide bonds. The molecule has 0 bridgehead atoms. The van der Waals surface area contributed by atoms with Gasteiger partial charge in [-0.2, -0.15) is 0 Å². The predicted molar refractivity (Wildman–Crippen MR) is 102 cm³/mol. The van der Waals surface area contributed by atoms with E-state index < -0.39 is 0 Å². The number of nitrogens with zero attached hydrogens (tertiary/aromatic N) is 1. The number of aromatic nitrogens is 1. The molecule has 4 rings (SSSR count). The van der Waals surface area contributed by atoms with Gasteiger partial charge in [0.2, 0.25) is 0 Å². The van der Waals surface area contributed by atoms with Crippen LogP contribution in [0, 0.1) is 12.7 Å². The van der Waals surface area contributed by atoms with Gasteiger partial charge in [0, 0.05) is 16.6 Å². The molecule has 1 N–H and O–H groups in total. The molecule has 122 valence electrons. The summed E-state index contributed by atoms with van der Waals surface area (Å²) in [7, 11) is 0. The van der Waals surface area contributed by atoms with Gasteiger partial charge in [0.15, 0.2) is 0 Å². The number of fused-ring (bicyclic) bond motifs is 1. The van der Waals surface area contributed by atoms with Crippen molar-refractivity contribution in [2.24, 2.45) is 0 Å². The lowest BCUT2D eigenvalue weighted by Crippen LogP contribution is -1.95. The number of benzene rings is 3. The zero-order chi connectivity index (χ0) is 17.2. The van der Waals surface area contributed by atoms with Gasteiger partial charge in [-0.1, -0.05) is 48.0 Å². The minimum Gasteiger partial charge on any atom is -0.355 e. The fraction of sp³-hybridized carbons (Fsp3) is 0.0455. The average Bonchev–Trinajstić information content (AvgIpc) is 2.63. The van der Waals surface area contributed by atoms with E-state index in [1.54, 1.807) is 6.07 Å². The van der Waals surface area contributed by atoms with Gasteiger partial charge in [-0.05, 0) is 43.3 Å². The molecule has 0 saturated heterocycles. The van der Waals surface area contributed by atoms with Gasteiger partial charge >= 0.3 is 0 Å². The molecule has 0 radical (unpaired) electrons. The highest BCUT2D eigenvalue weighted by Crippen LogP contribution is 2.30. The van der Waals surface area contributed by atoms with Crippen molar-refractivity contribution in [2.45, 2.75) is 6.92 Å². The van der Waals surface area contributed by atoms with E-state index in [-0.39, 0.29) is 5.82 Å². The van der Waals surface area contributed by atoms with Crippen molar-refractivity contribution in [1.82, 2.24) is 4.98 Å². The first-order valence-corrected chi connectivity index (χ1v) is 8.18. The first-order valence-electron chi connectivity index (χ1n) is 8.18. The molecule has 3 heteroatoms. The number of pyridine rings is 1. The monoisotopic (exact) mass is 328 g/mol. The molecule has 1 heterocycles. The molecule has 0 unspecified atom stereocenters. The first-order chi connectivity index (χ1) is 12.2. The molecule has 0 spiro atoms. The van der Waals surface area contributed by atoms with Crippen molar-refractivity contribution >= 4 is 22.3 Å². The van der Waals surface area contributed by atoms with E-state index in [9.17, 15) is 4.39 Å². The predicted octanol–water partition coefficient (Wildman–Crippen LogP) is 6.09. The Hall–Kier alpha value is -3.20. The topological polar surface area (TPSA) is 24.9 Å². The van der Waals surface area contributed by atoms with Crippen LogP contribution in [0.25, 0.3) is 22.2 Å². The molecule has 1 aromatic heterocycles. The van der Waals surface area contributed by atoms with Crippen LogP contribution in [0.3, 0.4) is 0 Å². The van der Waals surface area contributed by atoms with Gasteiger partial charge in [-0.15, -0.1) is 0 Å². The molecule has 2 nitrogen and oxygen atoms in total. The molecule has 25 heavy (non-hydrogen) atoms. The van der Waals surface area contributed by atoms with Gasteiger partial charge in [-0.25, -0.2) is 9.37 Å². The Morgan fingerprint density at radius 1 is 0.840 bits per heavy atom. The Labute approximate surface area is 146 Å². The van der Waals surface area contributed by atoms with Gasteiger partial charge in [0.1, 0.15) is 5.82 Å². The lowest BCUT2D eigenvalue weighted by Gasteiger charge is -2.12. The van der Waals surface area contributed by atoms with Crippen molar-refractivity contribution in [3.63, 3.8) is 0 Å². The normalized spacial score (nSPS) is 10.8. The number of hydrogen-bond acceptors (Lipinski definition) is 2. The molecule has 0 aliphatic carbocycles. The Morgan fingerprint density at radius 2 is 1.64 bits per heavy atom. The minimum atomic E-state index is -0.263. The second kappa shape index (κ2) is 6.36. The SMILES string of the molecule is Cc1ccc(Nc2cc(-c3cccc(F)c3)nc3ccccc23)cc1. The summed E-state index contributed by atoms with van der Waals surface area (Å²) in [6, 6.07) is 24.7. The van der Waals surface area contributed by atoms with Crippen molar-refractivity contribution < 1.29 is 4.39 Å². The van der Waals surface area contributed by atoms with Crippen LogP contribution in [-0.4, -0.2) is 4.98 Å². The summed E-state index contributed by atoms with van der Waals surface area (Å²) in [5.74, 6) is -0.263. The lowest BCUT2D eigenvalue weighted by molar-refractivity contribution is 0.628. The number of halogens is 1. The Morgan fingerprint density at radius 3 is 2.44 bits per heavy atom. The van der Waals surface area contributed by atoms with Crippen molar-refractivity contribution in [2.75, 3.05) is 5.32 Å². The highest BCUT2D eigenvalue weighted by Gasteiger charge is 2.08. The molecular weight excluding hydrogens is 311 g/mol. The average molecular weight is 328 g/mol. The number of anilines is 2. The lowest BCUT2D eigenvalue weighted by atomic mass is 10.1. The Kier molecular flexibility index (Phi) is 3.90. The summed E-state index contributed by atoms with van der Waals surface area (Å²) in [6.45, 7) is 2.06. The third-order valence-electron chi connectivity index (χ3n) is 4.17. The first kappa shape index (κ1) is 15.3. The van der Waals surface area contributed by atoms with Crippen molar-refractivity contribution in [3.05, 3.63) is 90.2 Å². The standard InChI is InChI=1S/C22H17FN2/c1-15-9-11-18(12-10-15)24-22-14-21(16-5-4-6-17(23)13-16)25-20-8-3-2-7-19(20)22/h2-14H,1H3,(H,24,25). The summed E-state index contributed by atoms with van der Waals surface area (Å²) in [6.07, 6.45) is 0. The van der Waals surface area contributed by atoms with E-state index in [1.807, 2.05) is 48.5 Å². The second-order valence-electron chi connectivity index (χ2n) is 6.07. The smallest absolute Gasteiger partial charge is 0.123 e. The second-order valence-corrected chi connectivity index (χ2v) is 6.07. The molecule has 4 aromatic rings. The van der Waals surface area contributed by atoms with E-state index in [0.717, 1.165) is 33.5 Å². The Balaban J connectivity index is 1.85. The molecule has 0 aliphatic heterocycles. The van der Waals surface area contributed by atoms with Crippen LogP contribution >= 0.6 is 0 Å². The van der Waals surface area contributed by atoms with Crippen molar-refractivity contribution in [1.29, 1.82) is 0 Å². The summed E-state index contributed by atoms with van der Waals surface area (Å²) in [5.41, 5.74) is 5.55. The fourth-order valence-corrected chi connectivity index (χ4v) is 2.87. The summed E-state index contributed by atoms with van der Waals surface area (Å²) < 4.78 is 13.6. The molecule has 0 fully saturated rings. The number of nitrogens with one attached hydrogen (secondary N) is 1. The minimum absolute atomic E-state index is 0.263. The van der Waals surface area contributed by atoms with E-state index in [1.165, 1.54) is 17.7 Å². The molecule has 3 aromatic carbocycles. The maximum absolute atomic E-state index is 13.6. The fourth-order valence-electron chi connectivity index (χ4n) is 2.87. The van der Waals surface area contributed by atoms with Gasteiger partial charge in [-0.3, -0.25) is 0 Å². The maximum Gasteiger partial charge on any atom is 0.123 e. The van der Waals surface area contributed by atoms with Crippen LogP contribution in [0.5, 0.6) is 0 Å². The van der Waals surface area contributed by atoms with E-state index in [0.29, 0.717) is 0 Å². The molecular formula is C22H17FN2. The number of aryl methyl sites for hydroxylation is 1. The quantitative estimate of drug-likeness (QED) is 0.492. The van der Waals surface area contributed by atoms with Crippen LogP contribution < -0.4 is 5.32 Å². The van der Waals surface area contributed by atoms with Gasteiger partial charge < -0.3 is 5.32 Å². The van der Waals surface area contributed by atoms with Crippen LogP contribution in [0.1, 0.15) is 5.56 Å². The number of rotatable bonds is 3. The maximum atomic E-state index is 13.6. The number of para-hydroxylation sites is 1. The third-order valence-corrected chi connectivity index (χ3v) is 4.17. The molecule has 0 saturated carbocycles. The van der Waals surface area contributed by atoms with E-state index in [4.69, 9.17) is 4.98 Å². The van der Waals surface area contributed by atoms with E-state index >= 15 is 0 Å². The van der Waals surface area contributed by atoms with Crippen LogP contribution in [-0.2, 0) is 0 Å². The highest BCUT2D eigenvalue weighted by atomic mass is 19.1. The zero-order valence-electron chi connectivity index (χ0n) is 13.8. The number of hydrogen-bond donors (Lipinski definition) is 1. The van der Waals surface area contributed by atoms with Crippen LogP contribution in [0.15, 0.2) is 78.9 Å².